The molecule has 0 aliphatic rings. The van der Waals surface area contributed by atoms with Crippen molar-refractivity contribution < 1.29 is 14.3 Å². The van der Waals surface area contributed by atoms with Gasteiger partial charge in [-0.25, -0.2) is 4.98 Å². The summed E-state index contributed by atoms with van der Waals surface area (Å²) < 4.78 is 5.32. The van der Waals surface area contributed by atoms with Gasteiger partial charge in [0.25, 0.3) is 5.91 Å². The fraction of sp³-hybridized carbons (Fsp3) is 0.389. The van der Waals surface area contributed by atoms with E-state index in [9.17, 15) is 9.59 Å². The van der Waals surface area contributed by atoms with Crippen molar-refractivity contribution in [2.45, 2.75) is 20.3 Å². The Labute approximate surface area is 162 Å². The lowest BCUT2D eigenvalue weighted by molar-refractivity contribution is -0.116. The van der Waals surface area contributed by atoms with Crippen LogP contribution in [0.3, 0.4) is 0 Å². The molecule has 0 spiro atoms. The van der Waals surface area contributed by atoms with E-state index < -0.39 is 0 Å². The lowest BCUT2D eigenvalue weighted by Crippen LogP contribution is -2.39. The molecule has 0 aliphatic heterocycles. The van der Waals surface area contributed by atoms with E-state index in [0.29, 0.717) is 41.9 Å². The number of thiazole rings is 1. The molecule has 1 N–H and O–H groups in total. The standard InChI is InChI=1S/C18H22ClN3O3S/c1-3-25-9-5-8-22(17(24)14-6-4-7-15(19)10-14)11-16(23)21-18-20-13(2)12-26-18/h4,6-7,10,12H,3,5,8-9,11H2,1-2H3,(H,20,21,23). The van der Waals surface area contributed by atoms with Crippen LogP contribution < -0.4 is 5.32 Å². The Kier molecular flexibility index (Phi) is 8.03. The van der Waals surface area contributed by atoms with Gasteiger partial charge < -0.3 is 15.0 Å². The van der Waals surface area contributed by atoms with Crippen molar-refractivity contribution in [1.82, 2.24) is 9.88 Å². The third-order valence-electron chi connectivity index (χ3n) is 3.48. The van der Waals surface area contributed by atoms with Gasteiger partial charge in [0, 0.05) is 35.7 Å². The summed E-state index contributed by atoms with van der Waals surface area (Å²) in [6.45, 7) is 5.27. The zero-order valence-electron chi connectivity index (χ0n) is 14.8. The molecule has 0 saturated heterocycles. The maximum Gasteiger partial charge on any atom is 0.254 e. The highest BCUT2D eigenvalue weighted by molar-refractivity contribution is 7.13. The number of halogens is 1. The Bertz CT molecular complexity index is 751. The van der Waals surface area contributed by atoms with E-state index in [1.165, 1.54) is 16.2 Å². The lowest BCUT2D eigenvalue weighted by Gasteiger charge is -2.22. The molecule has 2 rings (SSSR count). The number of amides is 2. The molecule has 0 radical (unpaired) electrons. The molecule has 0 bridgehead atoms. The predicted octanol–water partition coefficient (Wildman–Crippen LogP) is 3.61. The minimum atomic E-state index is -0.286. The van der Waals surface area contributed by atoms with Crippen molar-refractivity contribution in [2.24, 2.45) is 0 Å². The van der Waals surface area contributed by atoms with E-state index in [0.717, 1.165) is 5.69 Å². The second-order valence-corrected chi connectivity index (χ2v) is 6.92. The predicted molar refractivity (Wildman–Crippen MR) is 104 cm³/mol. The molecule has 1 heterocycles. The highest BCUT2D eigenvalue weighted by atomic mass is 35.5. The van der Waals surface area contributed by atoms with Crippen LogP contribution in [0.5, 0.6) is 0 Å². The number of nitrogens with zero attached hydrogens (tertiary/aromatic N) is 2. The Morgan fingerprint density at radius 2 is 2.19 bits per heavy atom. The molecule has 2 aromatic rings. The number of anilines is 1. The first-order valence-corrected chi connectivity index (χ1v) is 9.60. The molecule has 6 nitrogen and oxygen atoms in total. The summed E-state index contributed by atoms with van der Waals surface area (Å²) in [6.07, 6.45) is 0.643. The molecule has 0 fully saturated rings. The molecule has 0 aliphatic carbocycles. The number of carbonyl (C=O) groups excluding carboxylic acids is 2. The summed E-state index contributed by atoms with van der Waals surface area (Å²) in [5.41, 5.74) is 1.29. The summed E-state index contributed by atoms with van der Waals surface area (Å²) in [7, 11) is 0. The quantitative estimate of drug-likeness (QED) is 0.658. The molecule has 26 heavy (non-hydrogen) atoms. The Morgan fingerprint density at radius 3 is 2.85 bits per heavy atom. The van der Waals surface area contributed by atoms with Gasteiger partial charge in [-0.3, -0.25) is 9.59 Å². The van der Waals surface area contributed by atoms with Gasteiger partial charge in [0.15, 0.2) is 5.13 Å². The van der Waals surface area contributed by atoms with Crippen LogP contribution in [0, 0.1) is 6.92 Å². The number of aryl methyl sites for hydroxylation is 1. The molecular weight excluding hydrogens is 374 g/mol. The maximum absolute atomic E-state index is 12.8. The molecule has 1 aromatic carbocycles. The minimum absolute atomic E-state index is 0.0594. The Balaban J connectivity index is 2.04. The summed E-state index contributed by atoms with van der Waals surface area (Å²) >= 11 is 7.33. The average Bonchev–Trinajstić information content (AvgIpc) is 3.01. The van der Waals surface area contributed by atoms with Crippen molar-refractivity contribution in [3.05, 3.63) is 45.9 Å². The normalized spacial score (nSPS) is 10.6. The summed E-state index contributed by atoms with van der Waals surface area (Å²) in [6, 6.07) is 6.70. The van der Waals surface area contributed by atoms with Gasteiger partial charge in [-0.2, -0.15) is 0 Å². The maximum atomic E-state index is 12.8. The molecule has 0 atom stereocenters. The minimum Gasteiger partial charge on any atom is -0.382 e. The molecule has 1 aromatic heterocycles. The second-order valence-electron chi connectivity index (χ2n) is 5.63. The van der Waals surface area contributed by atoms with Crippen LogP contribution in [0.15, 0.2) is 29.6 Å². The van der Waals surface area contributed by atoms with E-state index in [1.807, 2.05) is 19.2 Å². The molecule has 2 amide bonds. The molecule has 0 unspecified atom stereocenters. The third-order valence-corrected chi connectivity index (χ3v) is 4.59. The van der Waals surface area contributed by atoms with Gasteiger partial charge >= 0.3 is 0 Å². The number of hydrogen-bond donors (Lipinski definition) is 1. The number of rotatable bonds is 9. The van der Waals surface area contributed by atoms with Crippen molar-refractivity contribution >= 4 is 39.9 Å². The van der Waals surface area contributed by atoms with E-state index in [1.54, 1.807) is 24.3 Å². The first-order chi connectivity index (χ1) is 12.5. The first kappa shape index (κ1) is 20.4. The highest BCUT2D eigenvalue weighted by Crippen LogP contribution is 2.15. The topological polar surface area (TPSA) is 71.5 Å². The zero-order valence-corrected chi connectivity index (χ0v) is 16.4. The van der Waals surface area contributed by atoms with Crippen molar-refractivity contribution in [3.8, 4) is 0 Å². The first-order valence-electron chi connectivity index (χ1n) is 8.34. The van der Waals surface area contributed by atoms with Crippen LogP contribution in [-0.4, -0.2) is 48.0 Å². The van der Waals surface area contributed by atoms with Crippen LogP contribution in [0.25, 0.3) is 0 Å². The van der Waals surface area contributed by atoms with E-state index >= 15 is 0 Å². The summed E-state index contributed by atoms with van der Waals surface area (Å²) in [4.78, 5) is 30.8. The average molecular weight is 396 g/mol. The molecule has 8 heteroatoms. The Morgan fingerprint density at radius 1 is 1.38 bits per heavy atom. The fourth-order valence-electron chi connectivity index (χ4n) is 2.30. The largest absolute Gasteiger partial charge is 0.382 e. The summed E-state index contributed by atoms with van der Waals surface area (Å²) in [5.74, 6) is -0.527. The third kappa shape index (κ3) is 6.40. The van der Waals surface area contributed by atoms with Crippen LogP contribution in [0.1, 0.15) is 29.4 Å². The smallest absolute Gasteiger partial charge is 0.254 e. The van der Waals surface area contributed by atoms with E-state index in [2.05, 4.69) is 10.3 Å². The van der Waals surface area contributed by atoms with E-state index in [-0.39, 0.29) is 18.4 Å². The van der Waals surface area contributed by atoms with E-state index in [4.69, 9.17) is 16.3 Å². The van der Waals surface area contributed by atoms with Gasteiger partial charge in [-0.05, 0) is 38.5 Å². The monoisotopic (exact) mass is 395 g/mol. The lowest BCUT2D eigenvalue weighted by atomic mass is 10.2. The van der Waals surface area contributed by atoms with Gasteiger partial charge in [0.05, 0.1) is 5.69 Å². The van der Waals surface area contributed by atoms with Gasteiger partial charge in [-0.15, -0.1) is 11.3 Å². The van der Waals surface area contributed by atoms with Crippen LogP contribution >= 0.6 is 22.9 Å². The van der Waals surface area contributed by atoms with Crippen LogP contribution in [0.4, 0.5) is 5.13 Å². The fourth-order valence-corrected chi connectivity index (χ4v) is 3.20. The summed E-state index contributed by atoms with van der Waals surface area (Å²) in [5, 5.41) is 5.59. The zero-order chi connectivity index (χ0) is 18.9. The van der Waals surface area contributed by atoms with Crippen molar-refractivity contribution in [3.63, 3.8) is 0 Å². The van der Waals surface area contributed by atoms with Gasteiger partial charge in [-0.1, -0.05) is 17.7 Å². The number of aromatic nitrogens is 1. The van der Waals surface area contributed by atoms with Gasteiger partial charge in [0.1, 0.15) is 6.54 Å². The molecule has 0 saturated carbocycles. The molecule has 140 valence electrons. The highest BCUT2D eigenvalue weighted by Gasteiger charge is 2.19. The number of hydrogen-bond acceptors (Lipinski definition) is 5. The molecular formula is C18H22ClN3O3S. The second kappa shape index (κ2) is 10.3. The number of nitrogens with one attached hydrogen (secondary N) is 1. The van der Waals surface area contributed by atoms with Crippen LogP contribution in [-0.2, 0) is 9.53 Å². The SMILES string of the molecule is CCOCCCN(CC(=O)Nc1nc(C)cs1)C(=O)c1cccc(Cl)c1. The number of ether oxygens (including phenoxy) is 1. The number of carbonyl (C=O) groups is 2. The van der Waals surface area contributed by atoms with Crippen LogP contribution in [0.2, 0.25) is 5.02 Å². The van der Waals surface area contributed by atoms with Gasteiger partial charge in [0.2, 0.25) is 5.91 Å². The van der Waals surface area contributed by atoms with Crippen molar-refractivity contribution in [1.29, 1.82) is 0 Å². The number of benzene rings is 1. The van der Waals surface area contributed by atoms with Crippen molar-refractivity contribution in [2.75, 3.05) is 31.6 Å². The Hall–Kier alpha value is -1.96.